The maximum absolute atomic E-state index is 6.38. The summed E-state index contributed by atoms with van der Waals surface area (Å²) in [6, 6.07) is 4.59. The second-order valence-electron chi connectivity index (χ2n) is 7.34. The number of fused-ring (bicyclic) bond motifs is 1. The zero-order valence-corrected chi connectivity index (χ0v) is 13.1. The van der Waals surface area contributed by atoms with Gasteiger partial charge in [0.25, 0.3) is 0 Å². The molecule has 1 unspecified atom stereocenters. The molecule has 0 aromatic heterocycles. The van der Waals surface area contributed by atoms with Crippen LogP contribution >= 0.6 is 0 Å². The molecule has 0 aliphatic carbocycles. The summed E-state index contributed by atoms with van der Waals surface area (Å²) in [7, 11) is 0. The molecule has 1 heterocycles. The highest BCUT2D eigenvalue weighted by Gasteiger charge is 2.35. The van der Waals surface area contributed by atoms with Crippen LogP contribution in [0.25, 0.3) is 0 Å². The molecule has 2 rings (SSSR count). The highest BCUT2D eigenvalue weighted by molar-refractivity contribution is 5.51. The van der Waals surface area contributed by atoms with Gasteiger partial charge in [0.2, 0.25) is 0 Å². The lowest BCUT2D eigenvalue weighted by atomic mass is 9.80. The van der Waals surface area contributed by atoms with Crippen LogP contribution in [-0.4, -0.2) is 5.60 Å². The number of hydrogen-bond acceptors (Lipinski definition) is 2. The largest absolute Gasteiger partial charge is 0.487 e. The molecular weight excluding hydrogens is 234 g/mol. The fourth-order valence-electron chi connectivity index (χ4n) is 2.82. The first kappa shape index (κ1) is 14.4. The number of aryl methyl sites for hydroxylation is 1. The molecule has 2 N–H and O–H groups in total. The summed E-state index contributed by atoms with van der Waals surface area (Å²) in [5.41, 5.74) is 10.1. The maximum Gasteiger partial charge on any atom is 0.128 e. The van der Waals surface area contributed by atoms with E-state index >= 15 is 0 Å². The quantitative estimate of drug-likeness (QED) is 0.825. The Morgan fingerprint density at radius 2 is 1.95 bits per heavy atom. The van der Waals surface area contributed by atoms with Gasteiger partial charge >= 0.3 is 0 Å². The summed E-state index contributed by atoms with van der Waals surface area (Å²) in [5, 5.41) is 0. The molecular formula is C17H27NO. The van der Waals surface area contributed by atoms with Crippen molar-refractivity contribution < 1.29 is 4.74 Å². The number of ether oxygens (including phenoxy) is 1. The van der Waals surface area contributed by atoms with Crippen LogP contribution in [0, 0.1) is 0 Å². The Morgan fingerprint density at radius 1 is 1.32 bits per heavy atom. The van der Waals surface area contributed by atoms with E-state index in [2.05, 4.69) is 53.7 Å². The van der Waals surface area contributed by atoms with E-state index in [-0.39, 0.29) is 17.1 Å². The average molecular weight is 261 g/mol. The lowest BCUT2D eigenvalue weighted by Gasteiger charge is -2.39. The van der Waals surface area contributed by atoms with Crippen LogP contribution in [0.5, 0.6) is 5.75 Å². The van der Waals surface area contributed by atoms with Gasteiger partial charge in [-0.25, -0.2) is 0 Å². The normalized spacial score (nSPS) is 21.7. The lowest BCUT2D eigenvalue weighted by molar-refractivity contribution is 0.0702. The first-order chi connectivity index (χ1) is 8.64. The molecule has 0 radical (unpaired) electrons. The molecule has 1 aliphatic heterocycles. The van der Waals surface area contributed by atoms with Gasteiger partial charge in [0.05, 0.1) is 0 Å². The summed E-state index contributed by atoms with van der Waals surface area (Å²) in [6.07, 6.45) is 1.91. The van der Waals surface area contributed by atoms with Crippen LogP contribution in [0.15, 0.2) is 12.1 Å². The first-order valence-electron chi connectivity index (χ1n) is 7.26. The molecule has 0 saturated carbocycles. The highest BCUT2D eigenvalue weighted by Crippen LogP contribution is 2.44. The lowest BCUT2D eigenvalue weighted by Crippen LogP contribution is -2.38. The van der Waals surface area contributed by atoms with Crippen molar-refractivity contribution in [1.29, 1.82) is 0 Å². The van der Waals surface area contributed by atoms with E-state index in [4.69, 9.17) is 10.5 Å². The Morgan fingerprint density at radius 3 is 2.47 bits per heavy atom. The summed E-state index contributed by atoms with van der Waals surface area (Å²) in [6.45, 7) is 13.1. The fraction of sp³-hybridized carbons (Fsp3) is 0.647. The number of benzene rings is 1. The Kier molecular flexibility index (Phi) is 3.42. The molecule has 1 aliphatic rings. The summed E-state index contributed by atoms with van der Waals surface area (Å²) >= 11 is 0. The Balaban J connectivity index is 2.65. The van der Waals surface area contributed by atoms with Crippen LogP contribution in [0.1, 0.15) is 70.7 Å². The standard InChI is InChI=1S/C17H27NO/c1-7-11-8-12-14(18)10-17(5,6)19-15(12)13(9-11)16(2,3)4/h8-9,14H,7,10,18H2,1-6H3. The van der Waals surface area contributed by atoms with Gasteiger partial charge in [-0.15, -0.1) is 0 Å². The Hall–Kier alpha value is -1.02. The summed E-state index contributed by atoms with van der Waals surface area (Å²) in [5.74, 6) is 1.02. The van der Waals surface area contributed by atoms with Crippen LogP contribution in [0.2, 0.25) is 0 Å². The predicted octanol–water partition coefficient (Wildman–Crippen LogP) is 4.11. The summed E-state index contributed by atoms with van der Waals surface area (Å²) < 4.78 is 6.27. The molecule has 0 bridgehead atoms. The second-order valence-corrected chi connectivity index (χ2v) is 7.34. The van der Waals surface area contributed by atoms with Crippen molar-refractivity contribution in [2.45, 2.75) is 71.4 Å². The third kappa shape index (κ3) is 2.79. The minimum absolute atomic E-state index is 0.0718. The highest BCUT2D eigenvalue weighted by atomic mass is 16.5. The van der Waals surface area contributed by atoms with Crippen molar-refractivity contribution in [3.8, 4) is 5.75 Å². The molecule has 0 fully saturated rings. The van der Waals surface area contributed by atoms with Crippen molar-refractivity contribution in [3.05, 3.63) is 28.8 Å². The third-order valence-corrected chi connectivity index (χ3v) is 3.88. The van der Waals surface area contributed by atoms with Gasteiger partial charge in [0.1, 0.15) is 11.4 Å². The van der Waals surface area contributed by atoms with Crippen LogP contribution in [-0.2, 0) is 11.8 Å². The molecule has 0 saturated heterocycles. The molecule has 2 heteroatoms. The van der Waals surface area contributed by atoms with Crippen molar-refractivity contribution in [2.24, 2.45) is 5.73 Å². The van der Waals surface area contributed by atoms with Crippen molar-refractivity contribution in [3.63, 3.8) is 0 Å². The van der Waals surface area contributed by atoms with E-state index in [1.165, 1.54) is 16.7 Å². The van der Waals surface area contributed by atoms with Gasteiger partial charge in [-0.05, 0) is 31.2 Å². The smallest absolute Gasteiger partial charge is 0.128 e. The van der Waals surface area contributed by atoms with Crippen molar-refractivity contribution >= 4 is 0 Å². The van der Waals surface area contributed by atoms with E-state index in [0.29, 0.717) is 0 Å². The molecule has 1 atom stereocenters. The van der Waals surface area contributed by atoms with E-state index in [9.17, 15) is 0 Å². The number of hydrogen-bond donors (Lipinski definition) is 1. The monoisotopic (exact) mass is 261 g/mol. The molecule has 1 aromatic rings. The van der Waals surface area contributed by atoms with Crippen molar-refractivity contribution in [1.82, 2.24) is 0 Å². The van der Waals surface area contributed by atoms with Gasteiger partial charge in [-0.1, -0.05) is 39.8 Å². The zero-order chi connectivity index (χ0) is 14.4. The van der Waals surface area contributed by atoms with Gasteiger partial charge in [0.15, 0.2) is 0 Å². The van der Waals surface area contributed by atoms with Gasteiger partial charge in [-0.2, -0.15) is 0 Å². The fourth-order valence-corrected chi connectivity index (χ4v) is 2.82. The van der Waals surface area contributed by atoms with Gasteiger partial charge in [-0.3, -0.25) is 0 Å². The Bertz CT molecular complexity index is 483. The molecule has 1 aromatic carbocycles. The molecule has 19 heavy (non-hydrogen) atoms. The van der Waals surface area contributed by atoms with Crippen LogP contribution in [0.4, 0.5) is 0 Å². The van der Waals surface area contributed by atoms with Crippen LogP contribution in [0.3, 0.4) is 0 Å². The molecule has 106 valence electrons. The predicted molar refractivity (Wildman–Crippen MR) is 80.8 cm³/mol. The van der Waals surface area contributed by atoms with E-state index in [1.807, 2.05) is 0 Å². The van der Waals surface area contributed by atoms with Crippen LogP contribution < -0.4 is 10.5 Å². The maximum atomic E-state index is 6.38. The molecule has 2 nitrogen and oxygen atoms in total. The first-order valence-corrected chi connectivity index (χ1v) is 7.26. The second kappa shape index (κ2) is 4.52. The molecule has 0 amide bonds. The third-order valence-electron chi connectivity index (χ3n) is 3.88. The number of nitrogens with two attached hydrogens (primary N) is 1. The Labute approximate surface area is 117 Å². The van der Waals surface area contributed by atoms with E-state index in [0.717, 1.165) is 18.6 Å². The van der Waals surface area contributed by atoms with Gasteiger partial charge in [0, 0.05) is 23.6 Å². The topological polar surface area (TPSA) is 35.2 Å². The van der Waals surface area contributed by atoms with Crippen molar-refractivity contribution in [2.75, 3.05) is 0 Å². The zero-order valence-electron chi connectivity index (χ0n) is 13.1. The number of rotatable bonds is 1. The average Bonchev–Trinajstić information content (AvgIpc) is 2.25. The minimum Gasteiger partial charge on any atom is -0.487 e. The van der Waals surface area contributed by atoms with E-state index in [1.54, 1.807) is 0 Å². The SMILES string of the molecule is CCc1cc2c(c(C(C)(C)C)c1)OC(C)(C)CC2N. The summed E-state index contributed by atoms with van der Waals surface area (Å²) in [4.78, 5) is 0. The minimum atomic E-state index is -0.180. The van der Waals surface area contributed by atoms with Gasteiger partial charge < -0.3 is 10.5 Å². The van der Waals surface area contributed by atoms with E-state index < -0.39 is 0 Å². The molecule has 0 spiro atoms.